The Kier molecular flexibility index (Phi) is 7.02. The van der Waals surface area contributed by atoms with E-state index >= 15 is 0 Å². The topological polar surface area (TPSA) is 87.7 Å². The summed E-state index contributed by atoms with van der Waals surface area (Å²) in [6.45, 7) is 10.6. The lowest BCUT2D eigenvalue weighted by Crippen LogP contribution is -2.56. The number of ether oxygens (including phenoxy) is 1. The molecule has 0 aliphatic heterocycles. The normalized spacial score (nSPS) is 13.0. The van der Waals surface area contributed by atoms with E-state index in [1.165, 1.54) is 7.11 Å². The van der Waals surface area contributed by atoms with Gasteiger partial charge in [0.2, 0.25) is 0 Å². The number of methoxy groups -OCH3 is 1. The van der Waals surface area contributed by atoms with E-state index in [4.69, 9.17) is 4.74 Å². The van der Waals surface area contributed by atoms with Gasteiger partial charge in [0.1, 0.15) is 8.24 Å². The Morgan fingerprint density at radius 3 is 2.27 bits per heavy atom. The minimum absolute atomic E-state index is 0.167. The van der Waals surface area contributed by atoms with Crippen molar-refractivity contribution in [2.75, 3.05) is 25.9 Å². The number of hydrogen-bond donors (Lipinski definition) is 2. The van der Waals surface area contributed by atoms with Gasteiger partial charge in [0.05, 0.1) is 18.4 Å². The number of esters is 1. The van der Waals surface area contributed by atoms with Crippen LogP contribution in [0.15, 0.2) is 18.2 Å². The molecule has 0 saturated carbocycles. The Hall–Kier alpha value is -1.42. The van der Waals surface area contributed by atoms with Crippen molar-refractivity contribution in [2.45, 2.75) is 45.4 Å². The highest BCUT2D eigenvalue weighted by Gasteiger charge is 2.39. The second-order valence-corrected chi connectivity index (χ2v) is 15.0. The zero-order chi connectivity index (χ0) is 20.3. The van der Waals surface area contributed by atoms with Gasteiger partial charge in [0, 0.05) is 6.54 Å². The van der Waals surface area contributed by atoms with E-state index in [1.54, 1.807) is 18.2 Å². The highest BCUT2D eigenvalue weighted by molar-refractivity contribution is 7.92. The first-order valence-corrected chi connectivity index (χ1v) is 12.8. The molecule has 1 aromatic carbocycles. The molecule has 0 aliphatic carbocycles. The minimum atomic E-state index is -3.84. The van der Waals surface area contributed by atoms with Crippen LogP contribution in [0.3, 0.4) is 0 Å². The number of anilines is 1. The Morgan fingerprint density at radius 1 is 1.23 bits per heavy atom. The molecule has 26 heavy (non-hydrogen) atoms. The third-order valence-electron chi connectivity index (χ3n) is 4.50. The zero-order valence-electron chi connectivity index (χ0n) is 16.9. The highest BCUT2D eigenvalue weighted by Crippen LogP contribution is 2.34. The molecule has 1 aromatic rings. The van der Waals surface area contributed by atoms with Crippen LogP contribution in [0.4, 0.5) is 5.69 Å². The lowest BCUT2D eigenvalue weighted by molar-refractivity contribution is 0.0602. The summed E-state index contributed by atoms with van der Waals surface area (Å²) in [6, 6.07) is 5.03. The SMILES string of the molecule is COC(=O)c1ccc(CN(C)C)cc1NS(=O)(=O)N[Si](C)(C)C(C)(C)C. The molecular weight excluding hydrogens is 370 g/mol. The predicted octanol–water partition coefficient (Wildman–Crippen LogP) is 2.79. The van der Waals surface area contributed by atoms with Crippen LogP contribution < -0.4 is 9.11 Å². The lowest BCUT2D eigenvalue weighted by atomic mass is 10.1. The molecule has 148 valence electrons. The molecule has 2 N–H and O–H groups in total. The van der Waals surface area contributed by atoms with E-state index in [-0.39, 0.29) is 16.3 Å². The molecule has 9 heteroatoms. The second kappa shape index (κ2) is 8.08. The summed E-state index contributed by atoms with van der Waals surface area (Å²) < 4.78 is 35.5. The molecule has 0 aliphatic rings. The van der Waals surface area contributed by atoms with Crippen molar-refractivity contribution in [1.82, 2.24) is 9.29 Å². The lowest BCUT2D eigenvalue weighted by Gasteiger charge is -2.36. The highest BCUT2D eigenvalue weighted by atomic mass is 32.2. The summed E-state index contributed by atoms with van der Waals surface area (Å²) in [7, 11) is -1.06. The van der Waals surface area contributed by atoms with Gasteiger partial charge in [-0.15, -0.1) is 0 Å². The molecule has 0 aromatic heterocycles. The summed E-state index contributed by atoms with van der Waals surface area (Å²) in [5.74, 6) is -0.591. The van der Waals surface area contributed by atoms with Crippen molar-refractivity contribution >= 4 is 30.1 Å². The van der Waals surface area contributed by atoms with Crippen molar-refractivity contribution in [3.05, 3.63) is 29.3 Å². The van der Waals surface area contributed by atoms with Crippen LogP contribution in [0, 0.1) is 0 Å². The third-order valence-corrected chi connectivity index (χ3v) is 11.9. The van der Waals surface area contributed by atoms with Crippen molar-refractivity contribution < 1.29 is 17.9 Å². The molecule has 0 unspecified atom stereocenters. The Labute approximate surface area is 158 Å². The number of benzene rings is 1. The fourth-order valence-electron chi connectivity index (χ4n) is 2.09. The van der Waals surface area contributed by atoms with Crippen LogP contribution in [0.25, 0.3) is 0 Å². The number of nitrogens with zero attached hydrogens (tertiary/aromatic N) is 1. The standard InChI is InChI=1S/C17H31N3O4SSi/c1-17(2,3)26(7,8)19-25(22,23)18-15-11-13(12-20(4)5)9-10-14(15)16(21)24-6/h9-11,18-19H,12H2,1-8H3. The third kappa shape index (κ3) is 6.08. The maximum absolute atomic E-state index is 12.7. The van der Waals surface area contributed by atoms with Gasteiger partial charge in [-0.3, -0.25) is 4.72 Å². The van der Waals surface area contributed by atoms with Crippen LogP contribution in [0.2, 0.25) is 18.1 Å². The maximum Gasteiger partial charge on any atom is 0.339 e. The molecule has 0 spiro atoms. The quantitative estimate of drug-likeness (QED) is 0.542. The van der Waals surface area contributed by atoms with Gasteiger partial charge < -0.3 is 9.64 Å². The molecule has 1 rings (SSSR count). The van der Waals surface area contributed by atoms with E-state index in [2.05, 4.69) is 9.11 Å². The molecule has 7 nitrogen and oxygen atoms in total. The van der Waals surface area contributed by atoms with Gasteiger partial charge in [-0.05, 0) is 36.8 Å². The smallest absolute Gasteiger partial charge is 0.339 e. The van der Waals surface area contributed by atoms with Gasteiger partial charge in [0.15, 0.2) is 0 Å². The van der Waals surface area contributed by atoms with E-state index in [0.717, 1.165) is 5.56 Å². The van der Waals surface area contributed by atoms with Crippen molar-refractivity contribution in [1.29, 1.82) is 0 Å². The average molecular weight is 402 g/mol. The number of rotatable bonds is 7. The van der Waals surface area contributed by atoms with Crippen LogP contribution >= 0.6 is 0 Å². The first-order valence-electron chi connectivity index (χ1n) is 8.36. The average Bonchev–Trinajstić information content (AvgIpc) is 2.43. The Balaban J connectivity index is 3.25. The van der Waals surface area contributed by atoms with Crippen LogP contribution in [-0.4, -0.2) is 48.7 Å². The van der Waals surface area contributed by atoms with Gasteiger partial charge in [-0.25, -0.2) is 9.18 Å². The zero-order valence-corrected chi connectivity index (χ0v) is 18.7. The summed E-state index contributed by atoms with van der Waals surface area (Å²) in [4.78, 5) is 14.0. The Bertz CT molecular complexity index is 756. The predicted molar refractivity (Wildman–Crippen MR) is 108 cm³/mol. The van der Waals surface area contributed by atoms with Crippen LogP contribution in [-0.2, 0) is 21.5 Å². The summed E-state index contributed by atoms with van der Waals surface area (Å²) in [6.07, 6.45) is 0. The molecule has 0 heterocycles. The van der Waals surface area contributed by atoms with Crippen LogP contribution in [0.5, 0.6) is 0 Å². The fourth-order valence-corrected chi connectivity index (χ4v) is 6.66. The van der Waals surface area contributed by atoms with Crippen molar-refractivity contribution in [3.8, 4) is 0 Å². The van der Waals surface area contributed by atoms with Crippen LogP contribution in [0.1, 0.15) is 36.7 Å². The van der Waals surface area contributed by atoms with Gasteiger partial charge in [-0.2, -0.15) is 8.42 Å². The molecule has 0 amide bonds. The number of hydrogen-bond acceptors (Lipinski definition) is 5. The fraction of sp³-hybridized carbons (Fsp3) is 0.588. The first kappa shape index (κ1) is 22.6. The van der Waals surface area contributed by atoms with Gasteiger partial charge in [-0.1, -0.05) is 39.9 Å². The molecule has 0 fully saturated rings. The first-order chi connectivity index (χ1) is 11.7. The number of nitrogens with one attached hydrogen (secondary N) is 2. The van der Waals surface area contributed by atoms with E-state index in [9.17, 15) is 13.2 Å². The van der Waals surface area contributed by atoms with Gasteiger partial charge in [0.25, 0.3) is 10.2 Å². The summed E-state index contributed by atoms with van der Waals surface area (Å²) >= 11 is 0. The van der Waals surface area contributed by atoms with E-state index < -0.39 is 24.4 Å². The molecule has 0 atom stereocenters. The Morgan fingerprint density at radius 2 is 1.81 bits per heavy atom. The van der Waals surface area contributed by atoms with E-state index in [1.807, 2.05) is 52.9 Å². The van der Waals surface area contributed by atoms with Gasteiger partial charge >= 0.3 is 5.97 Å². The van der Waals surface area contributed by atoms with E-state index in [0.29, 0.717) is 6.54 Å². The number of carbonyl (C=O) groups excluding carboxylic acids is 1. The molecule has 0 radical (unpaired) electrons. The largest absolute Gasteiger partial charge is 0.465 e. The summed E-state index contributed by atoms with van der Waals surface area (Å²) in [5.41, 5.74) is 1.27. The minimum Gasteiger partial charge on any atom is -0.465 e. The monoisotopic (exact) mass is 401 g/mol. The maximum atomic E-state index is 12.7. The second-order valence-electron chi connectivity index (χ2n) is 8.19. The van der Waals surface area contributed by atoms with Crippen molar-refractivity contribution in [3.63, 3.8) is 0 Å². The summed E-state index contributed by atoms with van der Waals surface area (Å²) in [5, 5.41) is -0.167. The molecule has 0 bridgehead atoms. The molecular formula is C17H31N3O4SSi. The molecule has 0 saturated heterocycles. The number of carbonyl (C=O) groups is 1. The van der Waals surface area contributed by atoms with Crippen molar-refractivity contribution in [2.24, 2.45) is 0 Å².